The van der Waals surface area contributed by atoms with E-state index in [9.17, 15) is 5.11 Å². The Morgan fingerprint density at radius 2 is 1.74 bits per heavy atom. The summed E-state index contributed by atoms with van der Waals surface area (Å²) in [5, 5.41) is 13.3. The number of phenolic OH excluding ortho intramolecular Hbond substituents is 1. The summed E-state index contributed by atoms with van der Waals surface area (Å²) < 4.78 is 1.12. The van der Waals surface area contributed by atoms with E-state index in [0.717, 1.165) is 27.8 Å². The summed E-state index contributed by atoms with van der Waals surface area (Å²) in [4.78, 5) is 0. The standard InChI is InChI=1S/C16H18BrNO/c1-10-4-6-13(8-14(10)17)9-18-15-7-5-11(2)16(19)12(15)3/h4-8,18-19H,9H2,1-3H3. The van der Waals surface area contributed by atoms with Crippen LogP contribution in [0, 0.1) is 20.8 Å². The third-order valence-electron chi connectivity index (χ3n) is 3.35. The zero-order chi connectivity index (χ0) is 14.0. The minimum absolute atomic E-state index is 0.370. The van der Waals surface area contributed by atoms with Crippen LogP contribution in [0.3, 0.4) is 0 Å². The fraction of sp³-hybridized carbons (Fsp3) is 0.250. The van der Waals surface area contributed by atoms with Gasteiger partial charge < -0.3 is 10.4 Å². The Kier molecular flexibility index (Phi) is 4.15. The molecule has 3 heteroatoms. The maximum absolute atomic E-state index is 9.92. The quantitative estimate of drug-likeness (QED) is 0.860. The van der Waals surface area contributed by atoms with Crippen LogP contribution in [0.25, 0.3) is 0 Å². The molecule has 0 amide bonds. The number of anilines is 1. The van der Waals surface area contributed by atoms with Gasteiger partial charge in [-0.15, -0.1) is 0 Å². The monoisotopic (exact) mass is 319 g/mol. The number of rotatable bonds is 3. The molecule has 2 aromatic rings. The molecule has 100 valence electrons. The lowest BCUT2D eigenvalue weighted by molar-refractivity contribution is 0.467. The van der Waals surface area contributed by atoms with Crippen LogP contribution in [0.2, 0.25) is 0 Å². The second-order valence-electron chi connectivity index (χ2n) is 4.84. The summed E-state index contributed by atoms with van der Waals surface area (Å²) in [6, 6.07) is 10.3. The van der Waals surface area contributed by atoms with E-state index in [0.29, 0.717) is 5.75 Å². The first kappa shape index (κ1) is 13.9. The zero-order valence-corrected chi connectivity index (χ0v) is 13.0. The molecule has 0 aliphatic heterocycles. The number of nitrogens with one attached hydrogen (secondary N) is 1. The van der Waals surface area contributed by atoms with Gasteiger partial charge in [-0.25, -0.2) is 0 Å². The van der Waals surface area contributed by atoms with Crippen LogP contribution in [-0.4, -0.2) is 5.11 Å². The van der Waals surface area contributed by atoms with Gasteiger partial charge >= 0.3 is 0 Å². The topological polar surface area (TPSA) is 32.3 Å². The second-order valence-corrected chi connectivity index (χ2v) is 5.70. The van der Waals surface area contributed by atoms with Crippen LogP contribution in [0.5, 0.6) is 5.75 Å². The first-order valence-corrected chi connectivity index (χ1v) is 7.06. The van der Waals surface area contributed by atoms with Crippen molar-refractivity contribution >= 4 is 21.6 Å². The summed E-state index contributed by atoms with van der Waals surface area (Å²) in [6.45, 7) is 6.64. The summed E-state index contributed by atoms with van der Waals surface area (Å²) >= 11 is 3.54. The molecule has 2 nitrogen and oxygen atoms in total. The normalized spacial score (nSPS) is 10.5. The highest BCUT2D eigenvalue weighted by Gasteiger charge is 2.06. The Balaban J connectivity index is 2.14. The molecule has 0 bridgehead atoms. The maximum atomic E-state index is 9.92. The highest BCUT2D eigenvalue weighted by Crippen LogP contribution is 2.28. The molecule has 0 aliphatic carbocycles. The zero-order valence-electron chi connectivity index (χ0n) is 11.4. The molecule has 0 spiro atoms. The number of benzene rings is 2. The highest BCUT2D eigenvalue weighted by atomic mass is 79.9. The molecule has 0 saturated heterocycles. The smallest absolute Gasteiger partial charge is 0.123 e. The molecule has 2 N–H and O–H groups in total. The van der Waals surface area contributed by atoms with E-state index in [-0.39, 0.29) is 0 Å². The fourth-order valence-corrected chi connectivity index (χ4v) is 2.40. The average molecular weight is 320 g/mol. The average Bonchev–Trinajstić information content (AvgIpc) is 2.39. The van der Waals surface area contributed by atoms with Crippen LogP contribution in [-0.2, 0) is 6.54 Å². The predicted molar refractivity (Wildman–Crippen MR) is 83.8 cm³/mol. The first-order valence-electron chi connectivity index (χ1n) is 6.27. The van der Waals surface area contributed by atoms with Crippen LogP contribution in [0.4, 0.5) is 5.69 Å². The molecule has 0 saturated carbocycles. The SMILES string of the molecule is Cc1ccc(CNc2ccc(C)c(O)c2C)cc1Br. The van der Waals surface area contributed by atoms with E-state index in [2.05, 4.69) is 46.4 Å². The number of phenols is 1. The van der Waals surface area contributed by atoms with Crippen molar-refractivity contribution in [3.05, 3.63) is 57.1 Å². The highest BCUT2D eigenvalue weighted by molar-refractivity contribution is 9.10. The molecular formula is C16H18BrNO. The van der Waals surface area contributed by atoms with E-state index in [1.54, 1.807) is 0 Å². The van der Waals surface area contributed by atoms with Crippen LogP contribution < -0.4 is 5.32 Å². The number of aromatic hydroxyl groups is 1. The van der Waals surface area contributed by atoms with E-state index in [4.69, 9.17) is 0 Å². The van der Waals surface area contributed by atoms with E-state index in [1.165, 1.54) is 11.1 Å². The van der Waals surface area contributed by atoms with Crippen molar-refractivity contribution in [1.82, 2.24) is 0 Å². The van der Waals surface area contributed by atoms with Gasteiger partial charge in [-0.05, 0) is 49.6 Å². The van der Waals surface area contributed by atoms with Crippen LogP contribution in [0.1, 0.15) is 22.3 Å². The van der Waals surface area contributed by atoms with Crippen molar-refractivity contribution in [3.8, 4) is 5.75 Å². The molecule has 0 radical (unpaired) electrons. The molecule has 0 unspecified atom stereocenters. The number of aryl methyl sites for hydroxylation is 2. The largest absolute Gasteiger partial charge is 0.507 e. The third kappa shape index (κ3) is 3.10. The molecule has 0 aromatic heterocycles. The summed E-state index contributed by atoms with van der Waals surface area (Å²) in [6.07, 6.45) is 0. The van der Waals surface area contributed by atoms with Crippen molar-refractivity contribution in [3.63, 3.8) is 0 Å². The summed E-state index contributed by atoms with van der Waals surface area (Å²) in [5.41, 5.74) is 5.21. The Morgan fingerprint density at radius 3 is 2.42 bits per heavy atom. The van der Waals surface area contributed by atoms with Gasteiger partial charge in [-0.1, -0.05) is 34.1 Å². The van der Waals surface area contributed by atoms with Gasteiger partial charge in [0.25, 0.3) is 0 Å². The lowest BCUT2D eigenvalue weighted by Crippen LogP contribution is -2.01. The molecule has 0 atom stereocenters. The van der Waals surface area contributed by atoms with Crippen molar-refractivity contribution in [1.29, 1.82) is 0 Å². The summed E-state index contributed by atoms with van der Waals surface area (Å²) in [7, 11) is 0. The van der Waals surface area contributed by atoms with Gasteiger partial charge in [-0.2, -0.15) is 0 Å². The summed E-state index contributed by atoms with van der Waals surface area (Å²) in [5.74, 6) is 0.370. The van der Waals surface area contributed by atoms with Crippen molar-refractivity contribution in [2.24, 2.45) is 0 Å². The van der Waals surface area contributed by atoms with Crippen LogP contribution >= 0.6 is 15.9 Å². The lowest BCUT2D eigenvalue weighted by Gasteiger charge is -2.13. The Hall–Kier alpha value is -1.48. The molecule has 2 aromatic carbocycles. The van der Waals surface area contributed by atoms with E-state index < -0.39 is 0 Å². The molecular weight excluding hydrogens is 302 g/mol. The fourth-order valence-electron chi connectivity index (χ4n) is 1.97. The maximum Gasteiger partial charge on any atom is 0.123 e. The minimum Gasteiger partial charge on any atom is -0.507 e. The number of hydrogen-bond donors (Lipinski definition) is 2. The van der Waals surface area contributed by atoms with E-state index in [1.807, 2.05) is 26.0 Å². The second kappa shape index (κ2) is 5.66. The molecule has 0 aliphatic rings. The van der Waals surface area contributed by atoms with Gasteiger partial charge in [0.05, 0.1) is 0 Å². The van der Waals surface area contributed by atoms with Gasteiger partial charge in [-0.3, -0.25) is 0 Å². The predicted octanol–water partition coefficient (Wildman–Crippen LogP) is 4.69. The van der Waals surface area contributed by atoms with Crippen LogP contribution in [0.15, 0.2) is 34.8 Å². The molecule has 0 heterocycles. The van der Waals surface area contributed by atoms with Gasteiger partial charge in [0.15, 0.2) is 0 Å². The third-order valence-corrected chi connectivity index (χ3v) is 4.21. The Bertz CT molecular complexity index is 608. The van der Waals surface area contributed by atoms with Gasteiger partial charge in [0, 0.05) is 22.3 Å². The minimum atomic E-state index is 0.370. The van der Waals surface area contributed by atoms with Gasteiger partial charge in [0.2, 0.25) is 0 Å². The number of hydrogen-bond acceptors (Lipinski definition) is 2. The Morgan fingerprint density at radius 1 is 1.05 bits per heavy atom. The van der Waals surface area contributed by atoms with E-state index >= 15 is 0 Å². The molecule has 2 rings (SSSR count). The number of halogens is 1. The van der Waals surface area contributed by atoms with Crippen molar-refractivity contribution in [2.45, 2.75) is 27.3 Å². The lowest BCUT2D eigenvalue weighted by atomic mass is 10.1. The molecule has 0 fully saturated rings. The Labute approximate surface area is 122 Å². The molecule has 19 heavy (non-hydrogen) atoms. The van der Waals surface area contributed by atoms with Crippen molar-refractivity contribution < 1.29 is 5.11 Å². The van der Waals surface area contributed by atoms with Crippen molar-refractivity contribution in [2.75, 3.05) is 5.32 Å². The van der Waals surface area contributed by atoms with Gasteiger partial charge in [0.1, 0.15) is 5.75 Å². The first-order chi connectivity index (χ1) is 8.99.